The average molecular weight is 637 g/mol. The van der Waals surface area contributed by atoms with Crippen LogP contribution < -0.4 is 43.8 Å². The highest BCUT2D eigenvalue weighted by molar-refractivity contribution is 5.97. The Labute approximate surface area is 258 Å². The lowest BCUT2D eigenvalue weighted by Crippen LogP contribution is -2.58. The van der Waals surface area contributed by atoms with Gasteiger partial charge in [-0.25, -0.2) is 4.79 Å². The summed E-state index contributed by atoms with van der Waals surface area (Å²) in [6, 6.07) is 0.142. The van der Waals surface area contributed by atoms with Crippen molar-refractivity contribution in [2.24, 2.45) is 17.2 Å². The Morgan fingerprint density at radius 2 is 1.18 bits per heavy atom. The van der Waals surface area contributed by atoms with Gasteiger partial charge in [0.25, 0.3) is 0 Å². The molecular weight excluding hydrogens is 596 g/mol. The maximum atomic E-state index is 13.0. The highest BCUT2D eigenvalue weighted by Gasteiger charge is 2.31. The van der Waals surface area contributed by atoms with E-state index in [9.17, 15) is 43.5 Å². The molecule has 13 N–H and O–H groups in total. The first-order valence-electron chi connectivity index (χ1n) is 13.8. The molecule has 0 unspecified atom stereocenters. The van der Waals surface area contributed by atoms with E-state index in [1.807, 2.05) is 0 Å². The summed E-state index contributed by atoms with van der Waals surface area (Å²) in [7, 11) is 0. The third kappa shape index (κ3) is 13.8. The lowest BCUT2D eigenvalue weighted by atomic mass is 10.0. The van der Waals surface area contributed by atoms with Gasteiger partial charge in [-0.2, -0.15) is 0 Å². The number of hydrogen-bond acceptors (Lipinski definition) is 10. The zero-order valence-corrected chi connectivity index (χ0v) is 24.8. The van der Waals surface area contributed by atoms with E-state index in [1.54, 1.807) is 30.3 Å². The molecule has 45 heavy (non-hydrogen) atoms. The number of carbonyl (C=O) groups excluding carboxylic acids is 6. The second-order valence-electron chi connectivity index (χ2n) is 10.1. The van der Waals surface area contributed by atoms with E-state index in [1.165, 1.54) is 13.8 Å². The molecule has 18 heteroatoms. The summed E-state index contributed by atoms with van der Waals surface area (Å²) in [6.07, 6.45) is -1.51. The molecule has 6 atom stereocenters. The molecule has 0 heterocycles. The maximum absolute atomic E-state index is 13.0. The Morgan fingerprint density at radius 1 is 0.689 bits per heavy atom. The second kappa shape index (κ2) is 18.5. The lowest BCUT2D eigenvalue weighted by molar-refractivity contribution is -0.143. The first kappa shape index (κ1) is 37.9. The molecule has 0 spiro atoms. The summed E-state index contributed by atoms with van der Waals surface area (Å²) in [6.45, 7) is 2.59. The Morgan fingerprint density at radius 3 is 1.69 bits per heavy atom. The fourth-order valence-electron chi connectivity index (χ4n) is 3.79. The predicted molar refractivity (Wildman–Crippen MR) is 156 cm³/mol. The van der Waals surface area contributed by atoms with E-state index in [2.05, 4.69) is 26.6 Å². The van der Waals surface area contributed by atoms with Crippen LogP contribution in [0.3, 0.4) is 0 Å². The molecule has 0 saturated carbocycles. The largest absolute Gasteiger partial charge is 0.481 e. The Bertz CT molecular complexity index is 1250. The Kier molecular flexibility index (Phi) is 15.6. The minimum absolute atomic E-state index is 0.0726. The molecule has 0 bridgehead atoms. The highest BCUT2D eigenvalue weighted by Crippen LogP contribution is 2.06. The minimum Gasteiger partial charge on any atom is -0.481 e. The van der Waals surface area contributed by atoms with Crippen LogP contribution in [0.5, 0.6) is 0 Å². The van der Waals surface area contributed by atoms with Crippen LogP contribution in [0.25, 0.3) is 0 Å². The molecule has 0 saturated heterocycles. The van der Waals surface area contributed by atoms with E-state index in [-0.39, 0.29) is 19.4 Å². The number of carbonyl (C=O) groups is 8. The summed E-state index contributed by atoms with van der Waals surface area (Å²) in [5.41, 5.74) is 16.7. The van der Waals surface area contributed by atoms with Gasteiger partial charge in [0.05, 0.1) is 18.9 Å². The van der Waals surface area contributed by atoms with Crippen molar-refractivity contribution in [3.8, 4) is 0 Å². The number of aliphatic carboxylic acids is 2. The number of nitrogens with two attached hydrogens (primary N) is 3. The molecule has 18 nitrogen and oxygen atoms in total. The van der Waals surface area contributed by atoms with Crippen molar-refractivity contribution >= 4 is 47.4 Å². The summed E-state index contributed by atoms with van der Waals surface area (Å²) >= 11 is 0. The van der Waals surface area contributed by atoms with Crippen molar-refractivity contribution in [1.82, 2.24) is 26.6 Å². The normalized spacial score (nSPS) is 14.7. The van der Waals surface area contributed by atoms with E-state index >= 15 is 0 Å². The monoisotopic (exact) mass is 636 g/mol. The van der Waals surface area contributed by atoms with Crippen LogP contribution >= 0.6 is 0 Å². The van der Waals surface area contributed by atoms with Gasteiger partial charge in [0.15, 0.2) is 0 Å². The van der Waals surface area contributed by atoms with Gasteiger partial charge in [-0.05, 0) is 32.4 Å². The first-order valence-corrected chi connectivity index (χ1v) is 13.8. The van der Waals surface area contributed by atoms with Crippen molar-refractivity contribution < 1.29 is 48.6 Å². The number of benzene rings is 1. The Balaban J connectivity index is 2.95. The molecular formula is C27H40N8O10. The molecule has 1 aromatic carbocycles. The molecule has 0 aliphatic carbocycles. The standard InChI is InChI=1S/C27H40N8O10/c1-13(32-25(42)18(12-21(37)38)34-24(41)16(29)8-9-28)22(39)31-14(2)23(40)33-17(10-15-6-4-3-5-7-15)26(43)35-19(27(44)45)11-20(30)36/h3-7,13-14,16-19H,8-12,28-29H2,1-2H3,(H2,30,36)(H,31,39)(H,32,42)(H,33,40)(H,34,41)(H,35,43)(H,37,38)(H,44,45)/t13-,14-,16-,17-,18-,19-/m0/s1. The zero-order valence-electron chi connectivity index (χ0n) is 24.8. The van der Waals surface area contributed by atoms with Gasteiger partial charge >= 0.3 is 11.9 Å². The van der Waals surface area contributed by atoms with Gasteiger partial charge in [0.1, 0.15) is 30.2 Å². The van der Waals surface area contributed by atoms with Crippen LogP contribution in [0.4, 0.5) is 0 Å². The van der Waals surface area contributed by atoms with Crippen LogP contribution in [-0.2, 0) is 44.8 Å². The molecule has 6 amide bonds. The van der Waals surface area contributed by atoms with Crippen molar-refractivity contribution in [2.45, 2.75) is 75.8 Å². The SMILES string of the molecule is C[C@H](NC(=O)[C@H](C)NC(=O)[C@H](CC(=O)O)NC(=O)[C@@H](N)CCN)C(=O)N[C@@H](Cc1ccccc1)C(=O)N[C@@H](CC(N)=O)C(=O)O. The lowest BCUT2D eigenvalue weighted by Gasteiger charge is -2.24. The number of amides is 6. The number of nitrogens with one attached hydrogen (secondary N) is 5. The number of carboxylic acid groups (broad SMARTS) is 2. The van der Waals surface area contributed by atoms with Crippen LogP contribution in [0.2, 0.25) is 0 Å². The third-order valence-corrected chi connectivity index (χ3v) is 6.27. The van der Waals surface area contributed by atoms with Gasteiger partial charge < -0.3 is 54.0 Å². The second-order valence-corrected chi connectivity index (χ2v) is 10.1. The van der Waals surface area contributed by atoms with Crippen molar-refractivity contribution in [2.75, 3.05) is 6.54 Å². The number of carboxylic acids is 2. The summed E-state index contributed by atoms with van der Waals surface area (Å²) in [5.74, 6) is -8.40. The predicted octanol–water partition coefficient (Wildman–Crippen LogP) is -4.20. The van der Waals surface area contributed by atoms with E-state index in [0.717, 1.165) is 0 Å². The molecule has 0 fully saturated rings. The molecule has 0 aliphatic rings. The van der Waals surface area contributed by atoms with Gasteiger partial charge in [0.2, 0.25) is 35.4 Å². The van der Waals surface area contributed by atoms with Crippen molar-refractivity contribution in [1.29, 1.82) is 0 Å². The first-order chi connectivity index (χ1) is 21.0. The van der Waals surface area contributed by atoms with Gasteiger partial charge in [-0.1, -0.05) is 30.3 Å². The van der Waals surface area contributed by atoms with Crippen LogP contribution in [-0.4, -0.2) is 100 Å². The fourth-order valence-corrected chi connectivity index (χ4v) is 3.79. The number of rotatable bonds is 19. The number of hydrogen-bond donors (Lipinski definition) is 10. The van der Waals surface area contributed by atoms with E-state index in [0.29, 0.717) is 5.56 Å². The summed E-state index contributed by atoms with van der Waals surface area (Å²) < 4.78 is 0. The minimum atomic E-state index is -1.65. The molecule has 0 radical (unpaired) electrons. The fraction of sp³-hybridized carbons (Fsp3) is 0.481. The molecule has 1 aromatic rings. The van der Waals surface area contributed by atoms with Crippen molar-refractivity contribution in [3.63, 3.8) is 0 Å². The van der Waals surface area contributed by atoms with Crippen molar-refractivity contribution in [3.05, 3.63) is 35.9 Å². The molecule has 0 aliphatic heterocycles. The van der Waals surface area contributed by atoms with Gasteiger partial charge in [-0.15, -0.1) is 0 Å². The van der Waals surface area contributed by atoms with Gasteiger partial charge in [-0.3, -0.25) is 33.6 Å². The maximum Gasteiger partial charge on any atom is 0.326 e. The third-order valence-electron chi connectivity index (χ3n) is 6.27. The topological polar surface area (TPSA) is 315 Å². The highest BCUT2D eigenvalue weighted by atomic mass is 16.4. The zero-order chi connectivity index (χ0) is 34.3. The van der Waals surface area contributed by atoms with Crippen LogP contribution in [0, 0.1) is 0 Å². The smallest absolute Gasteiger partial charge is 0.326 e. The van der Waals surface area contributed by atoms with Crippen LogP contribution in [0.15, 0.2) is 30.3 Å². The molecule has 248 valence electrons. The summed E-state index contributed by atoms with van der Waals surface area (Å²) in [5, 5.41) is 29.9. The van der Waals surface area contributed by atoms with E-state index < -0.39 is 96.5 Å². The van der Waals surface area contributed by atoms with E-state index in [4.69, 9.17) is 22.3 Å². The number of primary amides is 1. The average Bonchev–Trinajstić information content (AvgIpc) is 2.95. The Hall–Kier alpha value is -5.10. The quantitative estimate of drug-likeness (QED) is 0.0691. The molecule has 1 rings (SSSR count). The van der Waals surface area contributed by atoms with Gasteiger partial charge in [0, 0.05) is 6.42 Å². The van der Waals surface area contributed by atoms with Crippen LogP contribution in [0.1, 0.15) is 38.7 Å². The molecule has 0 aromatic heterocycles. The summed E-state index contributed by atoms with van der Waals surface area (Å²) in [4.78, 5) is 97.6.